The Balaban J connectivity index is 1.58. The van der Waals surface area contributed by atoms with E-state index in [4.69, 9.17) is 11.6 Å². The molecule has 1 aliphatic rings. The van der Waals surface area contributed by atoms with Crippen LogP contribution in [0.4, 0.5) is 24.5 Å². The number of fused-ring (bicyclic) bond motifs is 1. The first kappa shape index (κ1) is 21.8. The van der Waals surface area contributed by atoms with E-state index in [0.717, 1.165) is 11.6 Å². The fraction of sp³-hybridized carbons (Fsp3) is 0.182. The molecule has 4 rings (SSSR count). The van der Waals surface area contributed by atoms with Gasteiger partial charge in [-0.1, -0.05) is 11.6 Å². The third-order valence-corrected chi connectivity index (χ3v) is 5.17. The van der Waals surface area contributed by atoms with Crippen LogP contribution in [-0.4, -0.2) is 33.1 Å². The Bertz CT molecular complexity index is 1240. The third kappa shape index (κ3) is 4.43. The molecule has 3 aromatic rings. The van der Waals surface area contributed by atoms with E-state index in [2.05, 4.69) is 25.6 Å². The number of aromatic nitrogens is 3. The first-order valence-electron chi connectivity index (χ1n) is 9.55. The highest BCUT2D eigenvalue weighted by Crippen LogP contribution is 2.35. The fourth-order valence-corrected chi connectivity index (χ4v) is 3.50. The highest BCUT2D eigenvalue weighted by atomic mass is 35.5. The predicted octanol–water partition coefficient (Wildman–Crippen LogP) is 5.51. The van der Waals surface area contributed by atoms with Gasteiger partial charge >= 0.3 is 6.18 Å². The van der Waals surface area contributed by atoms with E-state index < -0.39 is 12.2 Å². The van der Waals surface area contributed by atoms with Crippen molar-refractivity contribution in [2.24, 2.45) is 0 Å². The molecule has 0 saturated carbocycles. The van der Waals surface area contributed by atoms with E-state index in [0.29, 0.717) is 33.9 Å². The van der Waals surface area contributed by atoms with E-state index >= 15 is 0 Å². The van der Waals surface area contributed by atoms with Gasteiger partial charge < -0.3 is 10.6 Å². The molecule has 0 saturated heterocycles. The van der Waals surface area contributed by atoms with Crippen LogP contribution < -0.4 is 10.6 Å². The Labute approximate surface area is 186 Å². The summed E-state index contributed by atoms with van der Waals surface area (Å²) >= 11 is 5.83. The van der Waals surface area contributed by atoms with Crippen molar-refractivity contribution in [1.82, 2.24) is 15.0 Å². The van der Waals surface area contributed by atoms with Crippen molar-refractivity contribution in [2.45, 2.75) is 26.1 Å². The summed E-state index contributed by atoms with van der Waals surface area (Å²) in [6, 6.07) is 6.50. The van der Waals surface area contributed by atoms with E-state index in [1.165, 1.54) is 18.5 Å². The van der Waals surface area contributed by atoms with Gasteiger partial charge in [0.1, 0.15) is 11.2 Å². The zero-order chi connectivity index (χ0) is 23.0. The number of halogens is 4. The number of alkyl halides is 3. The summed E-state index contributed by atoms with van der Waals surface area (Å²) in [6.45, 7) is 3.40. The lowest BCUT2D eigenvalue weighted by Gasteiger charge is -2.26. The van der Waals surface area contributed by atoms with Crippen LogP contribution in [0.25, 0.3) is 17.0 Å². The summed E-state index contributed by atoms with van der Waals surface area (Å²) in [5.41, 5.74) is 3.46. The zero-order valence-corrected chi connectivity index (χ0v) is 17.7. The van der Waals surface area contributed by atoms with Crippen molar-refractivity contribution in [1.29, 1.82) is 0 Å². The maximum atomic E-state index is 13.1. The minimum Gasteiger partial charge on any atom is -0.368 e. The van der Waals surface area contributed by atoms with E-state index in [-0.39, 0.29) is 16.7 Å². The summed E-state index contributed by atoms with van der Waals surface area (Å²) in [5.74, 6) is 0.0342. The smallest absolute Gasteiger partial charge is 0.368 e. The summed E-state index contributed by atoms with van der Waals surface area (Å²) in [4.78, 5) is 25.0. The molecule has 164 valence electrons. The van der Waals surface area contributed by atoms with Crippen LogP contribution in [0.15, 0.2) is 48.8 Å². The normalized spacial score (nSPS) is 15.4. The second-order valence-corrected chi connectivity index (χ2v) is 7.71. The van der Waals surface area contributed by atoms with Crippen molar-refractivity contribution < 1.29 is 18.0 Å². The number of rotatable bonds is 3. The lowest BCUT2D eigenvalue weighted by Crippen LogP contribution is -2.36. The highest BCUT2D eigenvalue weighted by Gasteiger charge is 2.40. The van der Waals surface area contributed by atoms with Crippen LogP contribution in [-0.2, 0) is 0 Å². The molecule has 0 aliphatic carbocycles. The third-order valence-electron chi connectivity index (χ3n) is 4.96. The van der Waals surface area contributed by atoms with Gasteiger partial charge in [-0.3, -0.25) is 4.79 Å². The van der Waals surface area contributed by atoms with Crippen molar-refractivity contribution in [3.05, 3.63) is 70.8 Å². The average molecular weight is 460 g/mol. The number of allylic oxidation sites excluding steroid dienone is 1. The van der Waals surface area contributed by atoms with Gasteiger partial charge in [0.05, 0.1) is 17.6 Å². The van der Waals surface area contributed by atoms with Gasteiger partial charge in [-0.05, 0) is 61.4 Å². The van der Waals surface area contributed by atoms with Crippen LogP contribution in [0.5, 0.6) is 0 Å². The molecule has 0 spiro atoms. The van der Waals surface area contributed by atoms with E-state index in [1.54, 1.807) is 31.2 Å². The number of carbonyl (C=O) groups excluding carboxylic acids is 1. The Hall–Kier alpha value is -3.46. The summed E-state index contributed by atoms with van der Waals surface area (Å²) in [5, 5.41) is 5.45. The van der Waals surface area contributed by atoms with Crippen molar-refractivity contribution >= 4 is 34.5 Å². The number of amides is 1. The first-order valence-corrected chi connectivity index (χ1v) is 9.92. The van der Waals surface area contributed by atoms with Crippen LogP contribution in [0.2, 0.25) is 5.15 Å². The number of carbonyl (C=O) groups is 1. The van der Waals surface area contributed by atoms with Crippen LogP contribution in [0, 0.1) is 6.92 Å². The average Bonchev–Trinajstić information content (AvgIpc) is 2.74. The molecule has 1 unspecified atom stereocenters. The molecule has 1 aromatic carbocycles. The fourth-order valence-electron chi connectivity index (χ4n) is 3.32. The number of hydrogen-bond donors (Lipinski definition) is 2. The number of aryl methyl sites for hydroxylation is 1. The van der Waals surface area contributed by atoms with Gasteiger partial charge in [0.2, 0.25) is 0 Å². The second-order valence-electron chi connectivity index (χ2n) is 7.32. The molecule has 2 aromatic heterocycles. The topological polar surface area (TPSA) is 79.8 Å². The van der Waals surface area contributed by atoms with E-state index in [1.807, 2.05) is 6.92 Å². The maximum absolute atomic E-state index is 13.1. The van der Waals surface area contributed by atoms with Crippen LogP contribution in [0.3, 0.4) is 0 Å². The number of nitrogens with one attached hydrogen (secondary N) is 2. The largest absolute Gasteiger partial charge is 0.412 e. The van der Waals surface area contributed by atoms with E-state index in [9.17, 15) is 18.0 Å². The first-order chi connectivity index (χ1) is 15.1. The zero-order valence-electron chi connectivity index (χ0n) is 17.0. The monoisotopic (exact) mass is 459 g/mol. The molecule has 0 fully saturated rings. The lowest BCUT2D eigenvalue weighted by atomic mass is 10.0. The number of benzene rings is 1. The number of pyridine rings is 1. The van der Waals surface area contributed by atoms with Crippen LogP contribution in [0.1, 0.15) is 28.5 Å². The lowest BCUT2D eigenvalue weighted by molar-refractivity contribution is -0.132. The molecular formula is C22H17ClF3N5O. The molecule has 1 atom stereocenters. The minimum atomic E-state index is -4.41. The highest BCUT2D eigenvalue weighted by molar-refractivity contribution is 6.29. The molecule has 10 heteroatoms. The molecule has 1 aliphatic heterocycles. The molecule has 3 heterocycles. The van der Waals surface area contributed by atoms with Gasteiger partial charge in [-0.2, -0.15) is 13.2 Å². The summed E-state index contributed by atoms with van der Waals surface area (Å²) < 4.78 is 39.2. The van der Waals surface area contributed by atoms with Crippen molar-refractivity contribution in [3.63, 3.8) is 0 Å². The predicted molar refractivity (Wildman–Crippen MR) is 117 cm³/mol. The molecular weight excluding hydrogens is 443 g/mol. The second kappa shape index (κ2) is 8.23. The standard InChI is InChI=1S/C22H17ClF3N5O/c1-11-7-13(3-4-15(11)30-21(32)14-5-6-27-18(23)9-14)20-28-10-16-19(31-20)12(2)8-17(29-16)22(24,25)26/h3-10,17,29H,1-2H3,(H,30,32). The molecule has 1 amide bonds. The number of hydrogen-bond acceptors (Lipinski definition) is 5. The van der Waals surface area contributed by atoms with Crippen molar-refractivity contribution in [3.8, 4) is 11.4 Å². The number of anilines is 2. The molecule has 0 bridgehead atoms. The van der Waals surface area contributed by atoms with Gasteiger partial charge in [0, 0.05) is 23.0 Å². The van der Waals surface area contributed by atoms with Gasteiger partial charge in [-0.15, -0.1) is 0 Å². The number of nitrogens with zero attached hydrogens (tertiary/aromatic N) is 3. The molecule has 0 radical (unpaired) electrons. The van der Waals surface area contributed by atoms with Gasteiger partial charge in [0.25, 0.3) is 5.91 Å². The summed E-state index contributed by atoms with van der Waals surface area (Å²) in [7, 11) is 0. The summed E-state index contributed by atoms with van der Waals surface area (Å²) in [6.07, 6.45) is -0.501. The Morgan fingerprint density at radius 1 is 1.16 bits per heavy atom. The minimum absolute atomic E-state index is 0.217. The van der Waals surface area contributed by atoms with Crippen molar-refractivity contribution in [2.75, 3.05) is 10.6 Å². The maximum Gasteiger partial charge on any atom is 0.412 e. The Morgan fingerprint density at radius 3 is 2.62 bits per heavy atom. The SMILES string of the molecule is CC1=CC(C(F)(F)F)Nc2cnc(-c3ccc(NC(=O)c4ccnc(Cl)c4)c(C)c3)nc21. The Morgan fingerprint density at radius 2 is 1.94 bits per heavy atom. The molecule has 2 N–H and O–H groups in total. The van der Waals surface area contributed by atoms with Crippen LogP contribution >= 0.6 is 11.6 Å². The van der Waals surface area contributed by atoms with Gasteiger partial charge in [-0.25, -0.2) is 15.0 Å². The quantitative estimate of drug-likeness (QED) is 0.505. The molecule has 32 heavy (non-hydrogen) atoms. The van der Waals surface area contributed by atoms with Gasteiger partial charge in [0.15, 0.2) is 5.82 Å². The molecule has 6 nitrogen and oxygen atoms in total. The Kier molecular flexibility index (Phi) is 5.60.